The van der Waals surface area contributed by atoms with E-state index in [1.165, 1.54) is 12.1 Å². The molecule has 2 rings (SSSR count). The van der Waals surface area contributed by atoms with Crippen molar-refractivity contribution in [2.45, 2.75) is 38.1 Å². The van der Waals surface area contributed by atoms with E-state index < -0.39 is 30.2 Å². The summed E-state index contributed by atoms with van der Waals surface area (Å²) in [5.41, 5.74) is 1.41. The minimum Gasteiger partial charge on any atom is -0.358 e. The number of benzene rings is 1. The number of hydroxylamine groups is 2. The molecule has 130 valence electrons. The summed E-state index contributed by atoms with van der Waals surface area (Å²) in [5.74, 6) is -5.71. The third kappa shape index (κ3) is 3.36. The third-order valence-corrected chi connectivity index (χ3v) is 3.93. The number of aliphatic hydroxyl groups is 2. The van der Waals surface area contributed by atoms with E-state index in [4.69, 9.17) is 9.57 Å². The number of aryl methyl sites for hydroxylation is 1. The van der Waals surface area contributed by atoms with Gasteiger partial charge in [-0.15, -0.1) is 0 Å². The minimum atomic E-state index is -5.25. The van der Waals surface area contributed by atoms with Gasteiger partial charge in [0.25, 0.3) is 5.79 Å². The predicted molar refractivity (Wildman–Crippen MR) is 74.9 cm³/mol. The van der Waals surface area contributed by atoms with Crippen molar-refractivity contribution in [3.63, 3.8) is 0 Å². The van der Waals surface area contributed by atoms with Gasteiger partial charge in [-0.25, -0.2) is 0 Å². The van der Waals surface area contributed by atoms with Crippen LogP contribution in [0.5, 0.6) is 0 Å². The smallest absolute Gasteiger partial charge is 0.358 e. The normalized spacial score (nSPS) is 26.7. The number of ether oxygens (including phenoxy) is 1. The molecular formula is C15H20F3NO4. The monoisotopic (exact) mass is 335 g/mol. The van der Waals surface area contributed by atoms with E-state index in [0.717, 1.165) is 5.56 Å². The van der Waals surface area contributed by atoms with Gasteiger partial charge < -0.3 is 14.9 Å². The number of hydrogen-bond acceptors (Lipinski definition) is 5. The second-order valence-corrected chi connectivity index (χ2v) is 5.58. The molecule has 1 aromatic carbocycles. The van der Waals surface area contributed by atoms with Crippen molar-refractivity contribution in [3.8, 4) is 0 Å². The van der Waals surface area contributed by atoms with Crippen LogP contribution in [0, 0.1) is 12.8 Å². The standard InChI is InChI=1S/C15H20F3NO4/c1-4-22-13-11(14(20,21)15(16,17)18)12(19(3)23-13)10-7-5-9(2)6-8-10/h5-8,11-13,20-21H,4H2,1-3H3/t11-,12-,13-/m1/s1. The SMILES string of the molecule is CCO[C@@H]1ON(C)[C@H](c2ccc(C)cc2)[C@H]1C(O)(O)C(F)(F)F. The van der Waals surface area contributed by atoms with Crippen molar-refractivity contribution in [2.24, 2.45) is 5.92 Å². The Bertz CT molecular complexity index is 533. The molecule has 0 amide bonds. The molecule has 0 radical (unpaired) electrons. The summed E-state index contributed by atoms with van der Waals surface area (Å²) in [5, 5.41) is 20.8. The van der Waals surface area contributed by atoms with Crippen molar-refractivity contribution in [3.05, 3.63) is 35.4 Å². The van der Waals surface area contributed by atoms with E-state index in [1.54, 1.807) is 31.2 Å². The summed E-state index contributed by atoms with van der Waals surface area (Å²) < 4.78 is 44.6. The molecule has 1 fully saturated rings. The lowest BCUT2D eigenvalue weighted by atomic mass is 9.85. The Morgan fingerprint density at radius 3 is 2.26 bits per heavy atom. The Kier molecular flexibility index (Phi) is 5.03. The molecule has 1 saturated heterocycles. The molecule has 1 aromatic rings. The zero-order chi connectivity index (χ0) is 17.4. The van der Waals surface area contributed by atoms with Crippen LogP contribution in [0.4, 0.5) is 13.2 Å². The van der Waals surface area contributed by atoms with Gasteiger partial charge in [-0.2, -0.15) is 18.2 Å². The molecule has 0 spiro atoms. The van der Waals surface area contributed by atoms with Gasteiger partial charge in [0.2, 0.25) is 0 Å². The van der Waals surface area contributed by atoms with Crippen LogP contribution in [-0.4, -0.2) is 47.2 Å². The maximum Gasteiger partial charge on any atom is 0.443 e. The maximum atomic E-state index is 13.1. The summed E-state index contributed by atoms with van der Waals surface area (Å²) in [7, 11) is 1.43. The van der Waals surface area contributed by atoms with Gasteiger partial charge in [0, 0.05) is 13.7 Å². The van der Waals surface area contributed by atoms with Crippen molar-refractivity contribution in [1.82, 2.24) is 5.06 Å². The van der Waals surface area contributed by atoms with Gasteiger partial charge in [-0.1, -0.05) is 29.8 Å². The zero-order valence-corrected chi connectivity index (χ0v) is 13.0. The van der Waals surface area contributed by atoms with E-state index in [-0.39, 0.29) is 6.61 Å². The van der Waals surface area contributed by atoms with Crippen LogP contribution < -0.4 is 0 Å². The highest BCUT2D eigenvalue weighted by atomic mass is 19.4. The maximum absolute atomic E-state index is 13.1. The largest absolute Gasteiger partial charge is 0.443 e. The van der Waals surface area contributed by atoms with Gasteiger partial charge in [-0.3, -0.25) is 4.84 Å². The number of alkyl halides is 3. The minimum absolute atomic E-state index is 0.0730. The molecule has 1 heterocycles. The van der Waals surface area contributed by atoms with Gasteiger partial charge in [-0.05, 0) is 19.4 Å². The highest BCUT2D eigenvalue weighted by Crippen LogP contribution is 2.48. The van der Waals surface area contributed by atoms with E-state index >= 15 is 0 Å². The first kappa shape index (κ1) is 18.2. The average molecular weight is 335 g/mol. The van der Waals surface area contributed by atoms with Crippen molar-refractivity contribution in [2.75, 3.05) is 13.7 Å². The van der Waals surface area contributed by atoms with Crippen LogP contribution in [0.15, 0.2) is 24.3 Å². The highest BCUT2D eigenvalue weighted by molar-refractivity contribution is 5.26. The van der Waals surface area contributed by atoms with Crippen LogP contribution >= 0.6 is 0 Å². The van der Waals surface area contributed by atoms with Crippen LogP contribution in [0.25, 0.3) is 0 Å². The van der Waals surface area contributed by atoms with E-state index in [0.29, 0.717) is 5.56 Å². The number of hydrogen-bond donors (Lipinski definition) is 2. The summed E-state index contributed by atoms with van der Waals surface area (Å²) in [4.78, 5) is 5.28. The number of rotatable bonds is 4. The molecule has 0 aliphatic carbocycles. The molecule has 2 N–H and O–H groups in total. The van der Waals surface area contributed by atoms with Gasteiger partial charge in [0.15, 0.2) is 6.29 Å². The lowest BCUT2D eigenvalue weighted by molar-refractivity contribution is -0.384. The lowest BCUT2D eigenvalue weighted by Crippen LogP contribution is -2.56. The third-order valence-electron chi connectivity index (χ3n) is 3.93. The molecule has 8 heteroatoms. The molecular weight excluding hydrogens is 315 g/mol. The molecule has 5 nitrogen and oxygen atoms in total. The quantitative estimate of drug-likeness (QED) is 0.826. The van der Waals surface area contributed by atoms with Crippen molar-refractivity contribution in [1.29, 1.82) is 0 Å². The topological polar surface area (TPSA) is 62.2 Å². The van der Waals surface area contributed by atoms with Crippen LogP contribution in [0.2, 0.25) is 0 Å². The molecule has 3 atom stereocenters. The Morgan fingerprint density at radius 1 is 1.22 bits per heavy atom. The number of nitrogens with zero attached hydrogens (tertiary/aromatic N) is 1. The summed E-state index contributed by atoms with van der Waals surface area (Å²) in [6, 6.07) is 5.71. The van der Waals surface area contributed by atoms with Crippen LogP contribution in [-0.2, 0) is 9.57 Å². The fraction of sp³-hybridized carbons (Fsp3) is 0.600. The fourth-order valence-corrected chi connectivity index (χ4v) is 2.75. The van der Waals surface area contributed by atoms with E-state index in [1.807, 2.05) is 6.92 Å². The molecule has 0 saturated carbocycles. The predicted octanol–water partition coefficient (Wildman–Crippen LogP) is 2.14. The zero-order valence-electron chi connectivity index (χ0n) is 13.0. The molecule has 0 unspecified atom stereocenters. The molecule has 0 aromatic heterocycles. The Balaban J connectivity index is 2.47. The molecule has 23 heavy (non-hydrogen) atoms. The summed E-state index contributed by atoms with van der Waals surface area (Å²) in [6.45, 7) is 3.50. The second kappa shape index (κ2) is 6.37. The first-order chi connectivity index (χ1) is 10.6. The Hall–Kier alpha value is -1.19. The van der Waals surface area contributed by atoms with Crippen molar-refractivity contribution >= 4 is 0 Å². The molecule has 1 aliphatic rings. The summed E-state index contributed by atoms with van der Waals surface area (Å²) in [6.07, 6.45) is -6.67. The van der Waals surface area contributed by atoms with E-state index in [2.05, 4.69) is 0 Å². The Morgan fingerprint density at radius 2 is 1.78 bits per heavy atom. The van der Waals surface area contributed by atoms with E-state index in [9.17, 15) is 23.4 Å². The second-order valence-electron chi connectivity index (χ2n) is 5.58. The van der Waals surface area contributed by atoms with Crippen LogP contribution in [0.3, 0.4) is 0 Å². The fourth-order valence-electron chi connectivity index (χ4n) is 2.75. The Labute approximate surface area is 132 Å². The van der Waals surface area contributed by atoms with Crippen LogP contribution in [0.1, 0.15) is 24.1 Å². The average Bonchev–Trinajstić information content (AvgIpc) is 2.76. The lowest BCUT2D eigenvalue weighted by Gasteiger charge is -2.35. The van der Waals surface area contributed by atoms with Gasteiger partial charge >= 0.3 is 6.18 Å². The number of halogens is 3. The highest BCUT2D eigenvalue weighted by Gasteiger charge is 2.66. The molecule has 0 bridgehead atoms. The first-order valence-corrected chi connectivity index (χ1v) is 7.18. The summed E-state index contributed by atoms with van der Waals surface area (Å²) >= 11 is 0. The van der Waals surface area contributed by atoms with Gasteiger partial charge in [0.05, 0.1) is 12.0 Å². The van der Waals surface area contributed by atoms with Gasteiger partial charge in [0.1, 0.15) is 0 Å². The first-order valence-electron chi connectivity index (χ1n) is 7.18. The molecule has 1 aliphatic heterocycles. The van der Waals surface area contributed by atoms with Crippen molar-refractivity contribution < 1.29 is 33.0 Å².